The van der Waals surface area contributed by atoms with Crippen LogP contribution in [0.5, 0.6) is 5.75 Å². The van der Waals surface area contributed by atoms with E-state index < -0.39 is 17.7 Å². The molecule has 0 unspecified atom stereocenters. The number of halogens is 3. The number of ether oxygens (including phenoxy) is 1. The maximum Gasteiger partial charge on any atom is 0.407 e. The number of carbonyl (C=O) groups excluding carboxylic acids is 1. The van der Waals surface area contributed by atoms with Crippen LogP contribution in [0.1, 0.15) is 27.9 Å². The SMILES string of the molecule is O=C1C(Br)=C(c2cc(F)cc(F)c2)c2ccc(OCCCN3CCN(C(=O)O)CC3)cc21. The van der Waals surface area contributed by atoms with E-state index in [1.807, 2.05) is 0 Å². The molecule has 2 aromatic carbocycles. The average molecular weight is 507 g/mol. The van der Waals surface area contributed by atoms with Crippen molar-refractivity contribution < 1.29 is 28.2 Å². The second-order valence-corrected chi connectivity index (χ2v) is 8.49. The number of allylic oxidation sites excluding steroid dienone is 1. The van der Waals surface area contributed by atoms with Crippen molar-refractivity contribution in [2.75, 3.05) is 39.3 Å². The van der Waals surface area contributed by atoms with Crippen LogP contribution < -0.4 is 4.74 Å². The molecule has 2 aliphatic rings. The van der Waals surface area contributed by atoms with Gasteiger partial charge in [-0.05, 0) is 63.8 Å². The summed E-state index contributed by atoms with van der Waals surface area (Å²) >= 11 is 3.28. The minimum Gasteiger partial charge on any atom is -0.494 e. The average Bonchev–Trinajstić information content (AvgIpc) is 3.01. The van der Waals surface area contributed by atoms with E-state index in [4.69, 9.17) is 9.84 Å². The van der Waals surface area contributed by atoms with Gasteiger partial charge in [0, 0.05) is 49.9 Å². The second-order valence-electron chi connectivity index (χ2n) is 7.70. The predicted molar refractivity (Wildman–Crippen MR) is 118 cm³/mol. The summed E-state index contributed by atoms with van der Waals surface area (Å²) in [5.41, 5.74) is 1.75. The fourth-order valence-corrected chi connectivity index (χ4v) is 4.65. The van der Waals surface area contributed by atoms with E-state index in [1.165, 1.54) is 17.0 Å². The molecule has 0 bridgehead atoms. The highest BCUT2D eigenvalue weighted by molar-refractivity contribution is 9.12. The number of piperazine rings is 1. The summed E-state index contributed by atoms with van der Waals surface area (Å²) in [5, 5.41) is 9.00. The van der Waals surface area contributed by atoms with E-state index >= 15 is 0 Å². The Bertz CT molecular complexity index is 1080. The van der Waals surface area contributed by atoms with Gasteiger partial charge in [-0.2, -0.15) is 0 Å². The first-order valence-electron chi connectivity index (χ1n) is 10.2. The molecule has 9 heteroatoms. The Morgan fingerprint density at radius 2 is 1.72 bits per heavy atom. The smallest absolute Gasteiger partial charge is 0.407 e. The fraction of sp³-hybridized carbons (Fsp3) is 0.304. The fourth-order valence-electron chi connectivity index (χ4n) is 3.99. The van der Waals surface area contributed by atoms with E-state index in [-0.39, 0.29) is 15.8 Å². The Hall–Kier alpha value is -2.78. The monoisotopic (exact) mass is 506 g/mol. The lowest BCUT2D eigenvalue weighted by Crippen LogP contribution is -2.48. The van der Waals surface area contributed by atoms with Crippen molar-refractivity contribution in [3.63, 3.8) is 0 Å². The number of benzene rings is 2. The quantitative estimate of drug-likeness (QED) is 0.588. The molecule has 0 atom stereocenters. The van der Waals surface area contributed by atoms with Crippen LogP contribution in [0.3, 0.4) is 0 Å². The normalized spacial score (nSPS) is 16.5. The minimum atomic E-state index is -0.883. The largest absolute Gasteiger partial charge is 0.494 e. The summed E-state index contributed by atoms with van der Waals surface area (Å²) < 4.78 is 33.5. The predicted octanol–water partition coefficient (Wildman–Crippen LogP) is 4.38. The van der Waals surface area contributed by atoms with Gasteiger partial charge in [0.05, 0.1) is 11.1 Å². The summed E-state index contributed by atoms with van der Waals surface area (Å²) in [6.07, 6.45) is -0.126. The van der Waals surface area contributed by atoms with Crippen molar-refractivity contribution in [3.8, 4) is 5.75 Å². The zero-order valence-electron chi connectivity index (χ0n) is 17.1. The summed E-state index contributed by atoms with van der Waals surface area (Å²) in [4.78, 5) is 27.3. The van der Waals surface area contributed by atoms with Crippen LogP contribution in [-0.2, 0) is 0 Å². The summed E-state index contributed by atoms with van der Waals surface area (Å²) in [6.45, 7) is 3.64. The van der Waals surface area contributed by atoms with Crippen LogP contribution >= 0.6 is 15.9 Å². The molecule has 6 nitrogen and oxygen atoms in total. The van der Waals surface area contributed by atoms with Gasteiger partial charge in [0.1, 0.15) is 17.4 Å². The number of carboxylic acid groups (broad SMARTS) is 1. The van der Waals surface area contributed by atoms with Crippen molar-refractivity contribution in [1.82, 2.24) is 9.80 Å². The molecule has 1 saturated heterocycles. The zero-order valence-corrected chi connectivity index (χ0v) is 18.7. The van der Waals surface area contributed by atoms with Gasteiger partial charge in [-0.1, -0.05) is 0 Å². The van der Waals surface area contributed by atoms with E-state index in [9.17, 15) is 18.4 Å². The highest BCUT2D eigenvalue weighted by Crippen LogP contribution is 2.41. The van der Waals surface area contributed by atoms with E-state index in [0.717, 1.165) is 19.0 Å². The Morgan fingerprint density at radius 3 is 2.38 bits per heavy atom. The van der Waals surface area contributed by atoms with Gasteiger partial charge >= 0.3 is 6.09 Å². The number of Topliss-reactive ketones (excluding diaryl/α,β-unsaturated/α-hetero) is 1. The molecule has 1 heterocycles. The molecule has 168 valence electrons. The van der Waals surface area contributed by atoms with Gasteiger partial charge in [0.15, 0.2) is 0 Å². The molecule has 32 heavy (non-hydrogen) atoms. The van der Waals surface area contributed by atoms with Crippen LogP contribution in [0.25, 0.3) is 5.57 Å². The van der Waals surface area contributed by atoms with Crippen molar-refractivity contribution in [3.05, 3.63) is 69.2 Å². The highest BCUT2D eigenvalue weighted by Gasteiger charge is 2.30. The molecule has 2 aromatic rings. The molecule has 1 fully saturated rings. The standard InChI is InChI=1S/C23H21BrF2N2O4/c24-21-20(14-10-15(25)12-16(26)11-14)18-3-2-17(13-19(18)22(21)29)32-9-1-4-27-5-7-28(8-6-27)23(30)31/h2-3,10-13H,1,4-9H2,(H,30,31). The maximum absolute atomic E-state index is 13.7. The van der Waals surface area contributed by atoms with Gasteiger partial charge in [-0.25, -0.2) is 13.6 Å². The molecule has 1 N–H and O–H groups in total. The molecule has 0 aromatic heterocycles. The first kappa shape index (κ1) is 22.4. The Balaban J connectivity index is 1.37. The molecule has 1 aliphatic carbocycles. The van der Waals surface area contributed by atoms with E-state index in [1.54, 1.807) is 18.2 Å². The Morgan fingerprint density at radius 1 is 1.03 bits per heavy atom. The number of fused-ring (bicyclic) bond motifs is 1. The number of ketones is 1. The third-order valence-corrected chi connectivity index (χ3v) is 6.36. The summed E-state index contributed by atoms with van der Waals surface area (Å²) in [7, 11) is 0. The number of amides is 1. The molecule has 0 radical (unpaired) electrons. The molecule has 1 aliphatic heterocycles. The zero-order chi connectivity index (χ0) is 22.8. The van der Waals surface area contributed by atoms with Crippen molar-refractivity contribution in [2.45, 2.75) is 6.42 Å². The molecule has 1 amide bonds. The van der Waals surface area contributed by atoms with Crippen LogP contribution in [-0.4, -0.2) is 66.1 Å². The third-order valence-electron chi connectivity index (χ3n) is 5.61. The topological polar surface area (TPSA) is 70.1 Å². The lowest BCUT2D eigenvalue weighted by molar-refractivity contribution is 0.103. The summed E-state index contributed by atoms with van der Waals surface area (Å²) in [5.74, 6) is -1.14. The van der Waals surface area contributed by atoms with E-state index in [0.29, 0.717) is 55.2 Å². The molecule has 0 spiro atoms. The van der Waals surface area contributed by atoms with Crippen LogP contribution in [0, 0.1) is 11.6 Å². The third kappa shape index (κ3) is 4.68. The number of nitrogens with zero attached hydrogens (tertiary/aromatic N) is 2. The van der Waals surface area contributed by atoms with Crippen molar-refractivity contribution in [1.29, 1.82) is 0 Å². The molecular weight excluding hydrogens is 486 g/mol. The first-order chi connectivity index (χ1) is 15.3. The van der Waals surface area contributed by atoms with Gasteiger partial charge in [0.2, 0.25) is 5.78 Å². The van der Waals surface area contributed by atoms with Crippen molar-refractivity contribution in [2.24, 2.45) is 0 Å². The first-order valence-corrected chi connectivity index (χ1v) is 11.0. The lowest BCUT2D eigenvalue weighted by atomic mass is 9.99. The number of hydrogen-bond donors (Lipinski definition) is 1. The molecule has 0 saturated carbocycles. The van der Waals surface area contributed by atoms with Gasteiger partial charge in [0.25, 0.3) is 0 Å². The minimum absolute atomic E-state index is 0.259. The van der Waals surface area contributed by atoms with Crippen LogP contribution in [0.15, 0.2) is 40.9 Å². The molecular formula is C23H21BrF2N2O4. The Kier molecular flexibility index (Phi) is 6.57. The van der Waals surface area contributed by atoms with Gasteiger partial charge < -0.3 is 14.7 Å². The van der Waals surface area contributed by atoms with E-state index in [2.05, 4.69) is 20.8 Å². The van der Waals surface area contributed by atoms with Gasteiger partial charge in [-0.15, -0.1) is 0 Å². The second kappa shape index (κ2) is 9.38. The van der Waals surface area contributed by atoms with Crippen LogP contribution in [0.2, 0.25) is 0 Å². The summed E-state index contributed by atoms with van der Waals surface area (Å²) in [6, 6.07) is 8.29. The number of hydrogen-bond acceptors (Lipinski definition) is 4. The maximum atomic E-state index is 13.7. The highest BCUT2D eigenvalue weighted by atomic mass is 79.9. The van der Waals surface area contributed by atoms with Gasteiger partial charge in [-0.3, -0.25) is 9.69 Å². The lowest BCUT2D eigenvalue weighted by Gasteiger charge is -2.32. The number of rotatable bonds is 6. The number of carbonyl (C=O) groups is 2. The van der Waals surface area contributed by atoms with Crippen LogP contribution in [0.4, 0.5) is 13.6 Å². The Labute approximate surface area is 192 Å². The molecule has 4 rings (SSSR count). The van der Waals surface area contributed by atoms with Crippen molar-refractivity contribution >= 4 is 33.4 Å².